The van der Waals surface area contributed by atoms with Crippen LogP contribution in [0.5, 0.6) is 5.75 Å². The van der Waals surface area contributed by atoms with Crippen LogP contribution in [0.3, 0.4) is 0 Å². The van der Waals surface area contributed by atoms with Gasteiger partial charge in [0.1, 0.15) is 5.82 Å². The Kier molecular flexibility index (Phi) is 6.68. The number of hydrogen-bond acceptors (Lipinski definition) is 1. The molecule has 0 bridgehead atoms. The molecule has 0 N–H and O–H groups in total. The molecule has 34 heavy (non-hydrogen) atoms. The lowest BCUT2D eigenvalue weighted by Crippen LogP contribution is -2.17. The second-order valence-electron chi connectivity index (χ2n) is 7.91. The molecule has 0 atom stereocenters. The van der Waals surface area contributed by atoms with Crippen molar-refractivity contribution in [2.24, 2.45) is 0 Å². The van der Waals surface area contributed by atoms with E-state index in [-0.39, 0.29) is 11.1 Å². The Morgan fingerprint density at radius 2 is 1.12 bits per heavy atom. The molecule has 0 heterocycles. The number of hydrogen-bond donors (Lipinski definition) is 0. The first-order valence-electron chi connectivity index (χ1n) is 10.8. The van der Waals surface area contributed by atoms with Gasteiger partial charge in [-0.05, 0) is 58.0 Å². The van der Waals surface area contributed by atoms with E-state index in [1.165, 1.54) is 23.8 Å². The van der Waals surface area contributed by atoms with E-state index in [4.69, 9.17) is 0 Å². The summed E-state index contributed by atoms with van der Waals surface area (Å²) in [5.74, 6) is -2.80. The first kappa shape index (κ1) is 23.5. The maximum Gasteiger partial charge on any atom is 0.573 e. The first-order chi connectivity index (χ1) is 16.2. The number of aryl methyl sites for hydroxylation is 1. The predicted octanol–water partition coefficient (Wildman–Crippen LogP) is 8.82. The van der Waals surface area contributed by atoms with Crippen molar-refractivity contribution in [2.45, 2.75) is 26.1 Å². The smallest absolute Gasteiger partial charge is 0.403 e. The molecule has 0 saturated heterocycles. The number of ether oxygens (including phenoxy) is 1. The summed E-state index contributed by atoms with van der Waals surface area (Å²) in [5, 5.41) is 0. The average Bonchev–Trinajstić information content (AvgIpc) is 2.80. The van der Waals surface area contributed by atoms with Gasteiger partial charge in [0.2, 0.25) is 0 Å². The molecule has 4 rings (SSSR count). The normalized spacial score (nSPS) is 11.5. The zero-order valence-corrected chi connectivity index (χ0v) is 18.3. The summed E-state index contributed by atoms with van der Waals surface area (Å²) in [6.45, 7) is 2.14. The monoisotopic (exact) mass is 468 g/mol. The Hall–Kier alpha value is -3.67. The van der Waals surface area contributed by atoms with E-state index in [2.05, 4.69) is 35.9 Å². The highest BCUT2D eigenvalue weighted by Gasteiger charge is 2.32. The van der Waals surface area contributed by atoms with Crippen LogP contribution >= 0.6 is 0 Å². The molecule has 0 aromatic heterocycles. The lowest BCUT2D eigenvalue weighted by Gasteiger charge is -2.12. The minimum absolute atomic E-state index is 0.0741. The fraction of sp³-hybridized carbons (Fsp3) is 0.143. The van der Waals surface area contributed by atoms with E-state index in [0.29, 0.717) is 5.56 Å². The lowest BCUT2D eigenvalue weighted by molar-refractivity contribution is -0.275. The molecule has 0 unspecified atom stereocenters. The van der Waals surface area contributed by atoms with Crippen LogP contribution in [-0.4, -0.2) is 6.36 Å². The fourth-order valence-corrected chi connectivity index (χ4v) is 3.81. The van der Waals surface area contributed by atoms with Gasteiger partial charge in [0.15, 0.2) is 11.6 Å². The minimum atomic E-state index is -5.01. The van der Waals surface area contributed by atoms with Crippen molar-refractivity contribution in [1.82, 2.24) is 0 Å². The van der Waals surface area contributed by atoms with E-state index in [0.717, 1.165) is 41.7 Å². The lowest BCUT2D eigenvalue weighted by atomic mass is 9.97. The zero-order chi connectivity index (χ0) is 24.3. The van der Waals surface area contributed by atoms with Crippen molar-refractivity contribution in [2.75, 3.05) is 0 Å². The van der Waals surface area contributed by atoms with Gasteiger partial charge in [-0.3, -0.25) is 0 Å². The molecular formula is C28H21F5O. The first-order valence-corrected chi connectivity index (χ1v) is 10.8. The van der Waals surface area contributed by atoms with Gasteiger partial charge >= 0.3 is 6.36 Å². The number of halogens is 5. The second kappa shape index (κ2) is 9.67. The van der Waals surface area contributed by atoms with Gasteiger partial charge < -0.3 is 4.74 Å². The molecule has 4 aromatic carbocycles. The van der Waals surface area contributed by atoms with Gasteiger partial charge in [-0.2, -0.15) is 0 Å². The maximum atomic E-state index is 14.8. The Bertz CT molecular complexity index is 1280. The van der Waals surface area contributed by atoms with Crippen molar-refractivity contribution in [3.63, 3.8) is 0 Å². The number of benzene rings is 4. The molecular weight excluding hydrogens is 447 g/mol. The van der Waals surface area contributed by atoms with Crippen LogP contribution in [0.1, 0.15) is 18.9 Å². The summed E-state index contributed by atoms with van der Waals surface area (Å²) >= 11 is 0. The summed E-state index contributed by atoms with van der Waals surface area (Å²) in [5.41, 5.74) is 5.04. The second-order valence-corrected chi connectivity index (χ2v) is 7.91. The fourth-order valence-electron chi connectivity index (χ4n) is 3.81. The topological polar surface area (TPSA) is 9.23 Å². The molecule has 0 radical (unpaired) electrons. The van der Waals surface area contributed by atoms with Gasteiger partial charge in [-0.15, -0.1) is 13.2 Å². The van der Waals surface area contributed by atoms with Gasteiger partial charge in [-0.1, -0.05) is 80.1 Å². The highest BCUT2D eigenvalue weighted by atomic mass is 19.4. The Morgan fingerprint density at radius 3 is 1.65 bits per heavy atom. The van der Waals surface area contributed by atoms with Gasteiger partial charge in [0.25, 0.3) is 0 Å². The molecule has 0 spiro atoms. The summed E-state index contributed by atoms with van der Waals surface area (Å²) in [4.78, 5) is 0. The van der Waals surface area contributed by atoms with Crippen molar-refractivity contribution in [3.05, 3.63) is 102 Å². The van der Waals surface area contributed by atoms with Crippen LogP contribution in [0.2, 0.25) is 0 Å². The van der Waals surface area contributed by atoms with Crippen LogP contribution in [0.15, 0.2) is 84.9 Å². The molecule has 0 aliphatic rings. The molecule has 0 aliphatic heterocycles. The maximum absolute atomic E-state index is 14.8. The predicted molar refractivity (Wildman–Crippen MR) is 123 cm³/mol. The quantitative estimate of drug-likeness (QED) is 0.257. The third kappa shape index (κ3) is 5.45. The van der Waals surface area contributed by atoms with Gasteiger partial charge in [0.05, 0.1) is 0 Å². The summed E-state index contributed by atoms with van der Waals surface area (Å²) in [7, 11) is 0. The Morgan fingerprint density at radius 1 is 0.618 bits per heavy atom. The van der Waals surface area contributed by atoms with E-state index in [1.54, 1.807) is 6.07 Å². The van der Waals surface area contributed by atoms with Crippen LogP contribution in [0.25, 0.3) is 33.4 Å². The van der Waals surface area contributed by atoms with Crippen LogP contribution in [0.4, 0.5) is 22.0 Å². The molecule has 4 aromatic rings. The Labute approximate surface area is 194 Å². The van der Waals surface area contributed by atoms with Gasteiger partial charge in [-0.25, -0.2) is 8.78 Å². The van der Waals surface area contributed by atoms with Crippen molar-refractivity contribution in [3.8, 4) is 39.1 Å². The molecule has 174 valence electrons. The third-order valence-corrected chi connectivity index (χ3v) is 5.48. The van der Waals surface area contributed by atoms with Crippen LogP contribution in [-0.2, 0) is 6.42 Å². The van der Waals surface area contributed by atoms with E-state index in [1.807, 2.05) is 24.3 Å². The van der Waals surface area contributed by atoms with Crippen LogP contribution < -0.4 is 4.74 Å². The minimum Gasteiger partial charge on any atom is -0.403 e. The van der Waals surface area contributed by atoms with Gasteiger partial charge in [0, 0.05) is 5.56 Å². The van der Waals surface area contributed by atoms with E-state index < -0.39 is 23.7 Å². The molecule has 0 aliphatic carbocycles. The largest absolute Gasteiger partial charge is 0.573 e. The molecule has 0 saturated carbocycles. The standard InChI is InChI=1S/C28H21F5O/c1-2-3-18-4-6-19(7-5-18)20-8-10-21(11-9-20)22-12-14-24(25(29)16-22)23-13-15-27(26(30)17-23)34-28(31,32)33/h4-17H,2-3H2,1H3. The Balaban J connectivity index is 1.54. The van der Waals surface area contributed by atoms with Crippen molar-refractivity contribution >= 4 is 0 Å². The molecule has 1 nitrogen and oxygen atoms in total. The molecule has 0 fully saturated rings. The SMILES string of the molecule is CCCc1ccc(-c2ccc(-c3ccc(-c4ccc(OC(F)(F)F)c(F)c4)c(F)c3)cc2)cc1. The number of rotatable bonds is 6. The molecule has 0 amide bonds. The zero-order valence-electron chi connectivity index (χ0n) is 18.3. The van der Waals surface area contributed by atoms with Crippen molar-refractivity contribution < 1.29 is 26.7 Å². The summed E-state index contributed by atoms with van der Waals surface area (Å²) < 4.78 is 69.5. The van der Waals surface area contributed by atoms with E-state index >= 15 is 0 Å². The van der Waals surface area contributed by atoms with Crippen LogP contribution in [0, 0.1) is 11.6 Å². The van der Waals surface area contributed by atoms with E-state index in [9.17, 15) is 22.0 Å². The number of alkyl halides is 3. The highest BCUT2D eigenvalue weighted by Crippen LogP contribution is 2.33. The highest BCUT2D eigenvalue weighted by molar-refractivity contribution is 5.74. The average molecular weight is 468 g/mol. The van der Waals surface area contributed by atoms with Crippen molar-refractivity contribution in [1.29, 1.82) is 0 Å². The molecule has 6 heteroatoms. The summed E-state index contributed by atoms with van der Waals surface area (Å²) in [6.07, 6.45) is -2.88. The third-order valence-electron chi connectivity index (χ3n) is 5.48. The summed E-state index contributed by atoms with van der Waals surface area (Å²) in [6, 6.07) is 23.4.